The predicted molar refractivity (Wildman–Crippen MR) is 147 cm³/mol. The van der Waals surface area contributed by atoms with Crippen molar-refractivity contribution in [3.8, 4) is 10.4 Å². The minimum Gasteiger partial charge on any atom is -0.348 e. The van der Waals surface area contributed by atoms with Crippen LogP contribution in [0, 0.1) is 12.3 Å². The van der Waals surface area contributed by atoms with Gasteiger partial charge in [0, 0.05) is 32.9 Å². The van der Waals surface area contributed by atoms with Crippen LogP contribution in [0.3, 0.4) is 0 Å². The van der Waals surface area contributed by atoms with Gasteiger partial charge in [0.05, 0.1) is 22.1 Å². The fourth-order valence-electron chi connectivity index (χ4n) is 4.03. The Labute approximate surface area is 230 Å². The summed E-state index contributed by atoms with van der Waals surface area (Å²) >= 11 is 1.64. The van der Waals surface area contributed by atoms with Crippen LogP contribution in [0.4, 0.5) is 0 Å². The molecule has 197 valence electrons. The first kappa shape index (κ1) is 33.4. The van der Waals surface area contributed by atoms with Gasteiger partial charge in [0.15, 0.2) is 0 Å². The first-order chi connectivity index (χ1) is 16.2. The summed E-state index contributed by atoms with van der Waals surface area (Å²) in [5.74, 6) is 0.0430. The smallest absolute Gasteiger partial charge is 0.243 e. The van der Waals surface area contributed by atoms with Crippen molar-refractivity contribution < 1.29 is 29.6 Å². The molecule has 1 aromatic heterocycles. The van der Waals surface area contributed by atoms with E-state index >= 15 is 0 Å². The number of hydrogen-bond acceptors (Lipinski definition) is 4. The number of benzene rings is 1. The van der Waals surface area contributed by atoms with Crippen molar-refractivity contribution in [3.05, 3.63) is 41.0 Å². The van der Waals surface area contributed by atoms with Crippen molar-refractivity contribution in [3.63, 3.8) is 0 Å². The molecule has 2 aromatic rings. The Balaban J connectivity index is 0. The summed E-state index contributed by atoms with van der Waals surface area (Å²) in [4.78, 5) is 33.1. The van der Waals surface area contributed by atoms with Crippen molar-refractivity contribution in [1.29, 1.82) is 0 Å². The number of rotatable bonds is 6. The van der Waals surface area contributed by atoms with E-state index < -0.39 is 0 Å². The summed E-state index contributed by atoms with van der Waals surface area (Å²) in [7, 11) is 0. The van der Waals surface area contributed by atoms with E-state index in [4.69, 9.17) is 0 Å². The third-order valence-corrected chi connectivity index (χ3v) is 6.58. The maximum atomic E-state index is 13.1. The second-order valence-electron chi connectivity index (χ2n) is 9.34. The van der Waals surface area contributed by atoms with E-state index in [0.717, 1.165) is 36.1 Å². The Hall–Kier alpha value is -1.63. The molecule has 5 nitrogen and oxygen atoms in total. The molecule has 2 atom stereocenters. The monoisotopic (exact) mass is 540 g/mol. The van der Waals surface area contributed by atoms with Crippen molar-refractivity contribution >= 4 is 23.2 Å². The molecule has 2 heterocycles. The molecule has 1 fully saturated rings. The number of carbonyl (C=O) groups excluding carboxylic acids is 2. The molecule has 7 heteroatoms. The number of aromatic nitrogens is 1. The third-order valence-electron chi connectivity index (χ3n) is 5.60. The number of carbonyl (C=O) groups is 2. The fraction of sp³-hybridized carbons (Fsp3) is 0.607. The second kappa shape index (κ2) is 16.2. The van der Waals surface area contributed by atoms with Gasteiger partial charge in [0.1, 0.15) is 6.04 Å². The number of hydrogen-bond donors (Lipinski definition) is 1. The van der Waals surface area contributed by atoms with Gasteiger partial charge >= 0.3 is 0 Å². The van der Waals surface area contributed by atoms with Gasteiger partial charge in [0.25, 0.3) is 0 Å². The topological polar surface area (TPSA) is 62.3 Å². The van der Waals surface area contributed by atoms with E-state index in [9.17, 15) is 9.59 Å². The Kier molecular flexibility index (Phi) is 15.4. The van der Waals surface area contributed by atoms with E-state index in [1.807, 2.05) is 40.1 Å². The Morgan fingerprint density at radius 2 is 1.77 bits per heavy atom. The van der Waals surface area contributed by atoms with Crippen LogP contribution in [-0.2, 0) is 28.1 Å². The molecule has 1 N–H and O–H groups in total. The molecule has 0 spiro atoms. The summed E-state index contributed by atoms with van der Waals surface area (Å²) < 4.78 is 0. The Morgan fingerprint density at radius 1 is 1.17 bits per heavy atom. The van der Waals surface area contributed by atoms with Crippen LogP contribution in [0.25, 0.3) is 10.4 Å². The molecule has 0 bridgehead atoms. The van der Waals surface area contributed by atoms with Gasteiger partial charge in [-0.2, -0.15) is 0 Å². The molecule has 1 saturated heterocycles. The van der Waals surface area contributed by atoms with Crippen LogP contribution < -0.4 is 5.32 Å². The third kappa shape index (κ3) is 9.74. The largest absolute Gasteiger partial charge is 0.348 e. The SMILES string of the molecule is CC.CC.CC[C@H](NC(=O)[C@@H]1CCCN1C(=O)CC(C)(C)C)c1ccc(-c2scnc2C)cc1.[HH].[V]. The molecular formula is C28H47N3O2SV. The van der Waals surface area contributed by atoms with Crippen molar-refractivity contribution in [2.24, 2.45) is 5.41 Å². The molecule has 2 amide bonds. The number of thiazole rings is 1. The molecule has 0 unspecified atom stereocenters. The number of nitrogens with one attached hydrogen (secondary N) is 1. The Bertz CT molecular complexity index is 897. The molecular weight excluding hydrogens is 493 g/mol. The molecule has 35 heavy (non-hydrogen) atoms. The average molecular weight is 541 g/mol. The number of nitrogens with zero attached hydrogens (tertiary/aromatic N) is 2. The average Bonchev–Trinajstić information content (AvgIpc) is 3.48. The van der Waals surface area contributed by atoms with Gasteiger partial charge in [0.2, 0.25) is 11.8 Å². The van der Waals surface area contributed by atoms with Crippen molar-refractivity contribution in [2.75, 3.05) is 6.54 Å². The quantitative estimate of drug-likeness (QED) is 0.415. The molecule has 1 aromatic carbocycles. The van der Waals surface area contributed by atoms with Crippen LogP contribution >= 0.6 is 11.3 Å². The minimum absolute atomic E-state index is 0. The van der Waals surface area contributed by atoms with Crippen molar-refractivity contribution in [2.45, 2.75) is 100 Å². The van der Waals surface area contributed by atoms with Crippen LogP contribution in [0.1, 0.15) is 99.8 Å². The normalized spacial score (nSPS) is 15.6. The number of likely N-dealkylation sites (tertiary alicyclic amines) is 1. The zero-order chi connectivity index (χ0) is 25.9. The van der Waals surface area contributed by atoms with Crippen LogP contribution in [-0.4, -0.2) is 34.3 Å². The summed E-state index contributed by atoms with van der Waals surface area (Å²) in [6.07, 6.45) is 2.88. The van der Waals surface area contributed by atoms with Crippen LogP contribution in [0.15, 0.2) is 29.8 Å². The van der Waals surface area contributed by atoms with E-state index in [-0.39, 0.29) is 49.3 Å². The summed E-state index contributed by atoms with van der Waals surface area (Å²) in [6.45, 7) is 18.9. The zero-order valence-electron chi connectivity index (χ0n) is 23.1. The van der Waals surface area contributed by atoms with E-state index in [2.05, 4.69) is 62.3 Å². The van der Waals surface area contributed by atoms with Crippen molar-refractivity contribution in [1.82, 2.24) is 15.2 Å². The number of amides is 2. The van der Waals surface area contributed by atoms with Gasteiger partial charge in [-0.15, -0.1) is 11.3 Å². The van der Waals surface area contributed by atoms with Gasteiger partial charge < -0.3 is 10.2 Å². The van der Waals surface area contributed by atoms with Crippen LogP contribution in [0.2, 0.25) is 0 Å². The summed E-state index contributed by atoms with van der Waals surface area (Å²) in [6, 6.07) is 7.95. The molecule has 1 aliphatic heterocycles. The maximum absolute atomic E-state index is 13.1. The van der Waals surface area contributed by atoms with Gasteiger partial charge in [-0.1, -0.05) is 79.7 Å². The summed E-state index contributed by atoms with van der Waals surface area (Å²) in [5, 5.41) is 3.20. The standard InChI is InChI=1S/C24H33N3O2S.2C2H6.V.H2/c1-6-19(17-9-11-18(12-10-17)22-16(2)25-15-30-22)26-23(29)20-8-7-13-27(20)21(28)14-24(3,4)5;2*1-2;;/h9-12,15,19-20H,6-8,13-14H2,1-5H3,(H,26,29);2*1-2H3;;1H/t19-,20-;;;;/m0..../s1. The van der Waals surface area contributed by atoms with E-state index in [1.54, 1.807) is 16.2 Å². The first-order valence-electron chi connectivity index (χ1n) is 12.8. The molecule has 3 rings (SSSR count). The van der Waals surface area contributed by atoms with Gasteiger partial charge in [-0.25, -0.2) is 4.98 Å². The van der Waals surface area contributed by atoms with Crippen LogP contribution in [0.5, 0.6) is 0 Å². The Morgan fingerprint density at radius 3 is 2.26 bits per heavy atom. The van der Waals surface area contributed by atoms with E-state index in [0.29, 0.717) is 13.0 Å². The molecule has 1 aliphatic rings. The minimum atomic E-state index is -0.354. The molecule has 0 aliphatic carbocycles. The maximum Gasteiger partial charge on any atom is 0.243 e. The second-order valence-corrected chi connectivity index (χ2v) is 10.2. The zero-order valence-corrected chi connectivity index (χ0v) is 25.4. The molecule has 1 radical (unpaired) electrons. The first-order valence-corrected chi connectivity index (χ1v) is 13.7. The van der Waals surface area contributed by atoms with E-state index in [1.165, 1.54) is 4.88 Å². The predicted octanol–water partition coefficient (Wildman–Crippen LogP) is 7.41. The van der Waals surface area contributed by atoms with Gasteiger partial charge in [-0.05, 0) is 42.7 Å². The van der Waals surface area contributed by atoms with Gasteiger partial charge in [-0.3, -0.25) is 9.59 Å². The fourth-order valence-corrected chi connectivity index (χ4v) is 4.84. The summed E-state index contributed by atoms with van der Waals surface area (Å²) in [5.41, 5.74) is 5.05. The number of aryl methyl sites for hydroxylation is 1. The molecule has 0 saturated carbocycles.